The van der Waals surface area contributed by atoms with Gasteiger partial charge in [-0.25, -0.2) is 4.98 Å². The number of hydrogen-bond acceptors (Lipinski definition) is 3. The zero-order chi connectivity index (χ0) is 16.2. The van der Waals surface area contributed by atoms with Gasteiger partial charge in [0, 0.05) is 34.9 Å². The minimum Gasteiger partial charge on any atom is -0.366 e. The van der Waals surface area contributed by atoms with Gasteiger partial charge in [0.05, 0.1) is 6.33 Å². The highest BCUT2D eigenvalue weighted by Gasteiger charge is 2.07. The van der Waals surface area contributed by atoms with Gasteiger partial charge >= 0.3 is 0 Å². The van der Waals surface area contributed by atoms with Crippen molar-refractivity contribution in [2.24, 2.45) is 5.73 Å². The van der Waals surface area contributed by atoms with Gasteiger partial charge in [-0.2, -0.15) is 0 Å². The van der Waals surface area contributed by atoms with E-state index < -0.39 is 5.91 Å². The molecule has 23 heavy (non-hydrogen) atoms. The lowest BCUT2D eigenvalue weighted by molar-refractivity contribution is 0.0995. The molecule has 3 rings (SSSR count). The molecule has 0 fully saturated rings. The van der Waals surface area contributed by atoms with Gasteiger partial charge in [-0.05, 0) is 48.5 Å². The molecular weight excluding hydrogens is 292 g/mol. The number of nitrogens with one attached hydrogen (secondary N) is 1. The first kappa shape index (κ1) is 14.5. The molecule has 0 saturated carbocycles. The number of nitrogens with zero attached hydrogens (tertiary/aromatic N) is 2. The highest BCUT2D eigenvalue weighted by molar-refractivity contribution is 6.05. The van der Waals surface area contributed by atoms with E-state index in [1.165, 1.54) is 12.1 Å². The molecule has 0 bridgehead atoms. The van der Waals surface area contributed by atoms with Gasteiger partial charge in [-0.1, -0.05) is 0 Å². The van der Waals surface area contributed by atoms with Gasteiger partial charge in [0.25, 0.3) is 5.91 Å². The standard InChI is InChI=1S/C17H14N4O2/c18-16(22)12-1-3-13(4-2-12)17(23)20-14-5-7-15(8-6-14)21-10-9-19-11-21/h1-11H,(H2,18,22)(H,20,23). The van der Waals surface area contributed by atoms with Crippen molar-refractivity contribution in [2.75, 3.05) is 5.32 Å². The molecule has 0 atom stereocenters. The summed E-state index contributed by atoms with van der Waals surface area (Å²) in [6, 6.07) is 13.6. The second-order valence-corrected chi connectivity index (χ2v) is 4.91. The summed E-state index contributed by atoms with van der Waals surface area (Å²) in [6.45, 7) is 0. The fourth-order valence-corrected chi connectivity index (χ4v) is 2.12. The molecule has 0 aliphatic rings. The summed E-state index contributed by atoms with van der Waals surface area (Å²) in [7, 11) is 0. The Morgan fingerprint density at radius 2 is 1.61 bits per heavy atom. The molecular formula is C17H14N4O2. The Morgan fingerprint density at radius 3 is 2.17 bits per heavy atom. The Morgan fingerprint density at radius 1 is 0.957 bits per heavy atom. The number of carbonyl (C=O) groups excluding carboxylic acids is 2. The predicted molar refractivity (Wildman–Crippen MR) is 86.5 cm³/mol. The van der Waals surface area contributed by atoms with E-state index in [1.807, 2.05) is 35.0 Å². The maximum absolute atomic E-state index is 12.2. The van der Waals surface area contributed by atoms with Crippen molar-refractivity contribution in [3.63, 3.8) is 0 Å². The van der Waals surface area contributed by atoms with Crippen molar-refractivity contribution in [3.05, 3.63) is 78.4 Å². The van der Waals surface area contributed by atoms with Crippen LogP contribution < -0.4 is 11.1 Å². The van der Waals surface area contributed by atoms with Crippen molar-refractivity contribution in [1.82, 2.24) is 9.55 Å². The minimum atomic E-state index is -0.521. The van der Waals surface area contributed by atoms with E-state index in [1.54, 1.807) is 24.7 Å². The van der Waals surface area contributed by atoms with Crippen molar-refractivity contribution < 1.29 is 9.59 Å². The third kappa shape index (κ3) is 3.26. The number of hydrogen-bond donors (Lipinski definition) is 2. The lowest BCUT2D eigenvalue weighted by Gasteiger charge is -2.07. The second kappa shape index (κ2) is 6.15. The molecule has 1 heterocycles. The Balaban J connectivity index is 1.71. The first-order valence-electron chi connectivity index (χ1n) is 6.93. The number of primary amides is 1. The van der Waals surface area contributed by atoms with Gasteiger partial charge < -0.3 is 15.6 Å². The molecule has 6 nitrogen and oxygen atoms in total. The third-order valence-corrected chi connectivity index (χ3v) is 3.36. The molecule has 0 aliphatic heterocycles. The van der Waals surface area contributed by atoms with E-state index in [0.717, 1.165) is 5.69 Å². The van der Waals surface area contributed by atoms with Crippen LogP contribution in [0.1, 0.15) is 20.7 Å². The van der Waals surface area contributed by atoms with Crippen molar-refractivity contribution >= 4 is 17.5 Å². The second-order valence-electron chi connectivity index (χ2n) is 4.91. The van der Waals surface area contributed by atoms with Crippen LogP contribution in [0.2, 0.25) is 0 Å². The quantitative estimate of drug-likeness (QED) is 0.774. The van der Waals surface area contributed by atoms with Gasteiger partial charge in [0.2, 0.25) is 5.91 Å². The van der Waals surface area contributed by atoms with Crippen LogP contribution in [0.5, 0.6) is 0 Å². The smallest absolute Gasteiger partial charge is 0.255 e. The topological polar surface area (TPSA) is 90.0 Å². The van der Waals surface area contributed by atoms with Crippen LogP contribution in [0.3, 0.4) is 0 Å². The van der Waals surface area contributed by atoms with E-state index in [0.29, 0.717) is 16.8 Å². The van der Waals surface area contributed by atoms with Crippen LogP contribution >= 0.6 is 0 Å². The van der Waals surface area contributed by atoms with E-state index in [9.17, 15) is 9.59 Å². The third-order valence-electron chi connectivity index (χ3n) is 3.36. The van der Waals surface area contributed by atoms with Crippen LogP contribution in [0.4, 0.5) is 5.69 Å². The maximum atomic E-state index is 12.2. The van der Waals surface area contributed by atoms with E-state index >= 15 is 0 Å². The Labute approximate surface area is 132 Å². The number of aromatic nitrogens is 2. The van der Waals surface area contributed by atoms with E-state index in [-0.39, 0.29) is 5.91 Å². The molecule has 0 saturated heterocycles. The lowest BCUT2D eigenvalue weighted by atomic mass is 10.1. The molecule has 0 spiro atoms. The van der Waals surface area contributed by atoms with Crippen LogP contribution in [0.25, 0.3) is 5.69 Å². The molecule has 0 radical (unpaired) electrons. The number of nitrogens with two attached hydrogens (primary N) is 1. The Bertz CT molecular complexity index is 822. The summed E-state index contributed by atoms with van der Waals surface area (Å²) < 4.78 is 1.87. The highest BCUT2D eigenvalue weighted by Crippen LogP contribution is 2.14. The van der Waals surface area contributed by atoms with Gasteiger partial charge in [-0.3, -0.25) is 9.59 Å². The average molecular weight is 306 g/mol. The van der Waals surface area contributed by atoms with Crippen LogP contribution in [0, 0.1) is 0 Å². The summed E-state index contributed by atoms with van der Waals surface area (Å²) in [5.41, 5.74) is 7.62. The molecule has 6 heteroatoms. The maximum Gasteiger partial charge on any atom is 0.255 e. The monoisotopic (exact) mass is 306 g/mol. The first-order chi connectivity index (χ1) is 11.1. The average Bonchev–Trinajstić information content (AvgIpc) is 3.10. The molecule has 0 unspecified atom stereocenters. The summed E-state index contributed by atoms with van der Waals surface area (Å²) >= 11 is 0. The Hall–Kier alpha value is -3.41. The summed E-state index contributed by atoms with van der Waals surface area (Å²) in [5, 5.41) is 2.80. The zero-order valence-electron chi connectivity index (χ0n) is 12.1. The first-order valence-corrected chi connectivity index (χ1v) is 6.93. The van der Waals surface area contributed by atoms with Crippen molar-refractivity contribution in [1.29, 1.82) is 0 Å². The van der Waals surface area contributed by atoms with E-state index in [2.05, 4.69) is 10.3 Å². The number of rotatable bonds is 4. The van der Waals surface area contributed by atoms with Crippen LogP contribution in [-0.2, 0) is 0 Å². The predicted octanol–water partition coefficient (Wildman–Crippen LogP) is 2.22. The fraction of sp³-hybridized carbons (Fsp3) is 0. The summed E-state index contributed by atoms with van der Waals surface area (Å²) in [6.07, 6.45) is 5.24. The summed E-state index contributed by atoms with van der Waals surface area (Å²) in [5.74, 6) is -0.775. The van der Waals surface area contributed by atoms with Crippen molar-refractivity contribution in [2.45, 2.75) is 0 Å². The number of anilines is 1. The SMILES string of the molecule is NC(=O)c1ccc(C(=O)Nc2ccc(-n3ccnc3)cc2)cc1. The zero-order valence-corrected chi connectivity index (χ0v) is 12.1. The van der Waals surface area contributed by atoms with Gasteiger partial charge in [0.15, 0.2) is 0 Å². The van der Waals surface area contributed by atoms with Gasteiger partial charge in [0.1, 0.15) is 0 Å². The van der Waals surface area contributed by atoms with Crippen LogP contribution in [-0.4, -0.2) is 21.4 Å². The van der Waals surface area contributed by atoms with Gasteiger partial charge in [-0.15, -0.1) is 0 Å². The highest BCUT2D eigenvalue weighted by atomic mass is 16.2. The number of imidazole rings is 1. The molecule has 3 aromatic rings. The largest absolute Gasteiger partial charge is 0.366 e. The Kier molecular flexibility index (Phi) is 3.88. The summed E-state index contributed by atoms with van der Waals surface area (Å²) in [4.78, 5) is 27.2. The number of benzene rings is 2. The molecule has 2 aromatic carbocycles. The lowest BCUT2D eigenvalue weighted by Crippen LogP contribution is -2.14. The number of carbonyl (C=O) groups is 2. The molecule has 114 valence electrons. The van der Waals surface area contributed by atoms with Crippen LogP contribution in [0.15, 0.2) is 67.3 Å². The molecule has 1 aromatic heterocycles. The number of amides is 2. The fourth-order valence-electron chi connectivity index (χ4n) is 2.12. The minimum absolute atomic E-state index is 0.253. The molecule has 0 aliphatic carbocycles. The van der Waals surface area contributed by atoms with Crippen molar-refractivity contribution in [3.8, 4) is 5.69 Å². The molecule has 2 amide bonds. The molecule has 3 N–H and O–H groups in total. The van der Waals surface area contributed by atoms with E-state index in [4.69, 9.17) is 5.73 Å². The normalized spacial score (nSPS) is 10.3.